The fourth-order valence-corrected chi connectivity index (χ4v) is 5.88. The van der Waals surface area contributed by atoms with E-state index in [0.29, 0.717) is 18.9 Å². The second-order valence-electron chi connectivity index (χ2n) is 9.02. The van der Waals surface area contributed by atoms with Gasteiger partial charge in [-0.2, -0.15) is 0 Å². The quantitative estimate of drug-likeness (QED) is 0.416. The summed E-state index contributed by atoms with van der Waals surface area (Å²) in [6.07, 6.45) is 2.37. The normalized spacial score (nSPS) is 21.4. The first kappa shape index (κ1) is 23.7. The molecule has 166 valence electrons. The van der Waals surface area contributed by atoms with E-state index in [1.165, 1.54) is 8.69 Å². The van der Waals surface area contributed by atoms with Crippen LogP contribution in [0, 0.1) is 5.41 Å². The number of hydrogen-bond donors (Lipinski definition) is 1. The first-order valence-corrected chi connectivity index (χ1v) is 13.6. The van der Waals surface area contributed by atoms with Crippen molar-refractivity contribution in [1.82, 2.24) is 4.90 Å². The predicted octanol–water partition coefficient (Wildman–Crippen LogP) is 4.72. The van der Waals surface area contributed by atoms with Crippen LogP contribution in [0.1, 0.15) is 48.8 Å². The van der Waals surface area contributed by atoms with Gasteiger partial charge in [0.05, 0.1) is 0 Å². The average molecular weight is 630 g/mol. The SMILES string of the molecule is CN1C(=N)CCC[C@](C)(c2ccc[c]([Tl])c2)[C@@H](c2ccc(OCc3ccccc3)cc2)C1=O. The third-order valence-electron chi connectivity index (χ3n) is 6.74. The Labute approximate surface area is 212 Å². The van der Waals surface area contributed by atoms with Crippen molar-refractivity contribution in [3.05, 3.63) is 95.6 Å². The molecule has 33 heavy (non-hydrogen) atoms. The summed E-state index contributed by atoms with van der Waals surface area (Å²) in [6.45, 7) is 2.73. The number of benzene rings is 3. The van der Waals surface area contributed by atoms with Crippen molar-refractivity contribution in [1.29, 1.82) is 5.41 Å². The van der Waals surface area contributed by atoms with E-state index in [-0.39, 0.29) is 17.2 Å². The van der Waals surface area contributed by atoms with Gasteiger partial charge in [0.1, 0.15) is 0 Å². The van der Waals surface area contributed by atoms with E-state index in [4.69, 9.17) is 10.1 Å². The Bertz CT molecular complexity index is 1130. The molecule has 1 aliphatic rings. The van der Waals surface area contributed by atoms with Crippen LogP contribution in [0.2, 0.25) is 0 Å². The molecule has 1 fully saturated rings. The number of amidine groups is 1. The number of carbonyl (C=O) groups excluding carboxylic acids is 1. The summed E-state index contributed by atoms with van der Waals surface area (Å²) in [7, 11) is 1.74. The Morgan fingerprint density at radius 3 is 2.48 bits per heavy atom. The third kappa shape index (κ3) is 5.21. The first-order valence-electron chi connectivity index (χ1n) is 11.4. The van der Waals surface area contributed by atoms with E-state index in [0.717, 1.165) is 55.5 Å². The molecule has 0 aliphatic carbocycles. The van der Waals surface area contributed by atoms with E-state index in [9.17, 15) is 4.79 Å². The standard InChI is InChI=1S/C28H29N2O2.Tl/c1-28(23-12-7-4-8-13-23)19-9-14-25(29)30(2)27(31)26(28)22-15-17-24(18-16-22)32-20-21-10-5-3-6-11-21;/h3-7,10-13,15-18,26,29H,9,14,19-20H2,1-2H3;/t26-,28+;/m0./s1. The van der Waals surface area contributed by atoms with Crippen LogP contribution in [0.25, 0.3) is 0 Å². The minimum atomic E-state index is -0.363. The van der Waals surface area contributed by atoms with Gasteiger partial charge in [-0.3, -0.25) is 0 Å². The van der Waals surface area contributed by atoms with E-state index in [1.807, 2.05) is 54.6 Å². The first-order chi connectivity index (χ1) is 15.9. The molecule has 1 heterocycles. The Hall–Kier alpha value is -2.48. The van der Waals surface area contributed by atoms with Crippen LogP contribution in [0.3, 0.4) is 0 Å². The molecule has 0 saturated carbocycles. The Balaban J connectivity index is 1.68. The van der Waals surface area contributed by atoms with Gasteiger partial charge in [0.15, 0.2) is 0 Å². The van der Waals surface area contributed by atoms with Crippen LogP contribution in [0.4, 0.5) is 0 Å². The summed E-state index contributed by atoms with van der Waals surface area (Å²) in [5.41, 5.74) is 2.96. The summed E-state index contributed by atoms with van der Waals surface area (Å²) in [5, 5.41) is 8.35. The second kappa shape index (κ2) is 10.2. The molecular weight excluding hydrogens is 601 g/mol. The van der Waals surface area contributed by atoms with Crippen molar-refractivity contribution < 1.29 is 9.53 Å². The Morgan fingerprint density at radius 1 is 1.06 bits per heavy atom. The topological polar surface area (TPSA) is 53.4 Å². The molecule has 4 nitrogen and oxygen atoms in total. The van der Waals surface area contributed by atoms with Crippen molar-refractivity contribution >= 4 is 40.6 Å². The molecule has 1 N–H and O–H groups in total. The number of hydrogen-bond acceptors (Lipinski definition) is 3. The van der Waals surface area contributed by atoms with Crippen molar-refractivity contribution in [2.45, 2.75) is 44.1 Å². The number of rotatable bonds is 5. The van der Waals surface area contributed by atoms with E-state index < -0.39 is 0 Å². The summed E-state index contributed by atoms with van der Waals surface area (Å²) < 4.78 is 7.33. The van der Waals surface area contributed by atoms with Gasteiger partial charge in [0, 0.05) is 0 Å². The van der Waals surface area contributed by atoms with Crippen molar-refractivity contribution in [3.8, 4) is 5.75 Å². The molecule has 0 spiro atoms. The van der Waals surface area contributed by atoms with E-state index in [1.54, 1.807) is 11.9 Å². The minimum absolute atomic E-state index is 0.0126. The molecule has 4 rings (SSSR count). The molecule has 1 aliphatic heterocycles. The average Bonchev–Trinajstić information content (AvgIpc) is 2.83. The van der Waals surface area contributed by atoms with Gasteiger partial charge < -0.3 is 0 Å². The number of ether oxygens (including phenoxy) is 1. The molecule has 0 unspecified atom stereocenters. The number of amides is 1. The second-order valence-corrected chi connectivity index (χ2v) is 11.6. The van der Waals surface area contributed by atoms with Crippen LogP contribution < -0.4 is 7.86 Å². The number of carbonyl (C=O) groups is 1. The van der Waals surface area contributed by atoms with Gasteiger partial charge in [0.2, 0.25) is 0 Å². The van der Waals surface area contributed by atoms with Crippen molar-refractivity contribution in [2.24, 2.45) is 0 Å². The van der Waals surface area contributed by atoms with E-state index >= 15 is 0 Å². The zero-order chi connectivity index (χ0) is 23.4. The number of nitrogens with zero attached hydrogens (tertiary/aromatic N) is 1. The van der Waals surface area contributed by atoms with Crippen LogP contribution in [-0.4, -0.2) is 49.5 Å². The summed E-state index contributed by atoms with van der Waals surface area (Å²) >= 11 is 0.748. The van der Waals surface area contributed by atoms with E-state index in [2.05, 4.69) is 31.2 Å². The van der Waals surface area contributed by atoms with Gasteiger partial charge in [-0.25, -0.2) is 0 Å². The Morgan fingerprint density at radius 2 is 1.79 bits per heavy atom. The van der Waals surface area contributed by atoms with Crippen LogP contribution >= 0.6 is 0 Å². The molecule has 0 aromatic heterocycles. The molecule has 2 atom stereocenters. The van der Waals surface area contributed by atoms with Crippen molar-refractivity contribution in [3.63, 3.8) is 0 Å². The number of likely N-dealkylation sites (N-methyl/N-ethyl adjacent to an activating group) is 1. The fraction of sp³-hybridized carbons (Fsp3) is 0.286. The van der Waals surface area contributed by atoms with Gasteiger partial charge in [-0.15, -0.1) is 0 Å². The van der Waals surface area contributed by atoms with Gasteiger partial charge in [0.25, 0.3) is 0 Å². The number of likely N-dealkylation sites (tertiary alicyclic amines) is 1. The maximum absolute atomic E-state index is 13.7. The molecule has 1 saturated heterocycles. The summed E-state index contributed by atoms with van der Waals surface area (Å²) in [6, 6.07) is 26.8. The molecule has 5 heteroatoms. The molecule has 3 aromatic carbocycles. The Kier molecular flexibility index (Phi) is 7.32. The van der Waals surface area contributed by atoms with Crippen LogP contribution in [0.15, 0.2) is 78.9 Å². The third-order valence-corrected chi connectivity index (χ3v) is 8.13. The number of nitrogens with one attached hydrogen (secondary N) is 1. The molecule has 1 amide bonds. The molecule has 0 radical (unpaired) electrons. The fourth-order valence-electron chi connectivity index (χ4n) is 4.75. The van der Waals surface area contributed by atoms with Crippen LogP contribution in [-0.2, 0) is 16.8 Å². The van der Waals surface area contributed by atoms with Crippen molar-refractivity contribution in [2.75, 3.05) is 7.05 Å². The zero-order valence-corrected chi connectivity index (χ0v) is 23.7. The van der Waals surface area contributed by atoms with Crippen LogP contribution in [0.5, 0.6) is 5.75 Å². The zero-order valence-electron chi connectivity index (χ0n) is 19.3. The monoisotopic (exact) mass is 630 g/mol. The van der Waals surface area contributed by atoms with Gasteiger partial charge in [-0.05, 0) is 0 Å². The summed E-state index contributed by atoms with van der Waals surface area (Å²) in [4.78, 5) is 15.3. The molecular formula is C28H29N2O2Tl. The molecule has 3 aromatic rings. The predicted molar refractivity (Wildman–Crippen MR) is 133 cm³/mol. The van der Waals surface area contributed by atoms with Gasteiger partial charge >= 0.3 is 183 Å². The van der Waals surface area contributed by atoms with Gasteiger partial charge in [-0.1, -0.05) is 30.3 Å². The summed E-state index contributed by atoms with van der Waals surface area (Å²) in [5.74, 6) is 0.805. The maximum atomic E-state index is 13.7. The molecule has 0 bridgehead atoms.